The van der Waals surface area contributed by atoms with Crippen LogP contribution in [0.3, 0.4) is 0 Å². The van der Waals surface area contributed by atoms with Crippen molar-refractivity contribution in [1.82, 2.24) is 0 Å². The van der Waals surface area contributed by atoms with E-state index in [0.29, 0.717) is 0 Å². The lowest BCUT2D eigenvalue weighted by Crippen LogP contribution is -1.95. The molecule has 24 aromatic carbocycles. The van der Waals surface area contributed by atoms with Crippen LogP contribution in [0.1, 0.15) is 25.0 Å². The molecule has 24 rings (SSSR count). The van der Waals surface area contributed by atoms with E-state index < -0.39 is 0 Å². The summed E-state index contributed by atoms with van der Waals surface area (Å²) in [6.07, 6.45) is 2.00. The number of rotatable bonds is 20. The van der Waals surface area contributed by atoms with E-state index in [4.69, 9.17) is 9.47 Å². The molecule has 0 atom stereocenters. The monoisotopic (exact) mass is 1740 g/mol. The number of ether oxygens (including phenoxy) is 2. The van der Waals surface area contributed by atoms with Gasteiger partial charge >= 0.3 is 0 Å². The number of benzene rings is 24. The van der Waals surface area contributed by atoms with Gasteiger partial charge in [0.2, 0.25) is 0 Å². The summed E-state index contributed by atoms with van der Waals surface area (Å²) in [6.45, 7) is 4.47. The quantitative estimate of drug-likeness (QED) is 0.0708. The molecule has 0 spiro atoms. The molecule has 0 bridgehead atoms. The van der Waals surface area contributed by atoms with Crippen LogP contribution in [0, 0.1) is 0 Å². The number of hydrogen-bond acceptors (Lipinski definition) is 2. The Balaban J connectivity index is 0.000000153. The van der Waals surface area contributed by atoms with Gasteiger partial charge in [-0.2, -0.15) is 0 Å². The first kappa shape index (κ1) is 83.3. The van der Waals surface area contributed by atoms with Gasteiger partial charge in [0.25, 0.3) is 0 Å². The predicted molar refractivity (Wildman–Crippen MR) is 579 cm³/mol. The van der Waals surface area contributed by atoms with E-state index in [0.717, 1.165) is 46.6 Å². The van der Waals surface area contributed by atoms with Crippen LogP contribution in [0.25, 0.3) is 243 Å². The van der Waals surface area contributed by atoms with E-state index in [2.05, 4.69) is 499 Å². The van der Waals surface area contributed by atoms with Gasteiger partial charge < -0.3 is 9.47 Å². The van der Waals surface area contributed by atoms with Crippen LogP contribution in [-0.4, -0.2) is 14.2 Å². The van der Waals surface area contributed by atoms with Crippen LogP contribution < -0.4 is 9.47 Å². The molecular formula is C134H96O2. The summed E-state index contributed by atoms with van der Waals surface area (Å²) in [5.41, 5.74) is 40.8. The zero-order chi connectivity index (χ0) is 91.1. The van der Waals surface area contributed by atoms with Crippen molar-refractivity contribution >= 4 is 64.6 Å². The Morgan fingerprint density at radius 3 is 0.434 bits per heavy atom. The van der Waals surface area contributed by atoms with Crippen LogP contribution in [-0.2, 0) is 12.8 Å². The topological polar surface area (TPSA) is 18.5 Å². The van der Waals surface area contributed by atoms with Crippen molar-refractivity contribution < 1.29 is 9.47 Å². The minimum absolute atomic E-state index is 0.830. The molecule has 2 heteroatoms. The number of hydrogen-bond donors (Lipinski definition) is 0. The third-order valence-corrected chi connectivity index (χ3v) is 27.8. The normalized spacial score (nSPS) is 11.4. The Morgan fingerprint density at radius 2 is 0.279 bits per heavy atom. The van der Waals surface area contributed by atoms with Gasteiger partial charge in [-0.3, -0.25) is 0 Å². The molecule has 0 amide bonds. The van der Waals surface area contributed by atoms with E-state index in [-0.39, 0.29) is 0 Å². The molecule has 0 unspecified atom stereocenters. The standard InChI is InChI=1S/C68H50.C66H46O2/c1-3-45-25-29-51(30-26-45)63-43-65(57-39-53(47-17-9-5-10-18-47)37-54(40-57)48-19-11-6-12-20-48)61-36-34-60-64(52-31-27-46(4-2)28-32-52)44-66(62-35-33-59(63)67(61)68(60)62)58-41-55(49-21-13-7-14-22-49)38-56(42-58)50-23-15-8-16-24-50;1-67-55-27-23-47(24-28-55)61-41-63(53-37-49(43-15-7-3-8-16-43)35-50(38-53)44-17-9-4-10-18-44)59-34-32-58-62(48-25-29-56(68-2)30-26-48)42-64(60-33-31-57(61)65(59)66(58)60)54-39-51(45-19-11-5-12-20-45)36-52(40-54)46-21-13-6-14-22-46/h5-44H,3-4H2,1-2H3;3-42H,1-2H3. The van der Waals surface area contributed by atoms with Gasteiger partial charge in [-0.1, -0.05) is 378 Å². The Hall–Kier alpha value is -17.0. The second-order valence-electron chi connectivity index (χ2n) is 35.7. The van der Waals surface area contributed by atoms with Crippen molar-refractivity contribution in [3.05, 3.63) is 496 Å². The van der Waals surface area contributed by atoms with Crippen molar-refractivity contribution in [2.75, 3.05) is 14.2 Å². The molecule has 0 heterocycles. The summed E-state index contributed by atoms with van der Waals surface area (Å²) < 4.78 is 11.4. The summed E-state index contributed by atoms with van der Waals surface area (Å²) in [7, 11) is 3.45. The lowest BCUT2D eigenvalue weighted by Gasteiger charge is -2.22. The molecule has 0 aliphatic rings. The summed E-state index contributed by atoms with van der Waals surface area (Å²) in [4.78, 5) is 0. The molecule has 24 aromatic rings. The molecule has 0 saturated carbocycles. The Bertz CT molecular complexity index is 7260. The van der Waals surface area contributed by atoms with E-state index in [1.165, 1.54) is 232 Å². The molecule has 0 aliphatic heterocycles. The van der Waals surface area contributed by atoms with E-state index in [9.17, 15) is 0 Å². The van der Waals surface area contributed by atoms with Gasteiger partial charge in [0.05, 0.1) is 14.2 Å². The molecule has 644 valence electrons. The first-order valence-corrected chi connectivity index (χ1v) is 47.3. The molecule has 0 aliphatic carbocycles. The van der Waals surface area contributed by atoms with E-state index >= 15 is 0 Å². The molecule has 2 nitrogen and oxygen atoms in total. The average Bonchev–Trinajstić information content (AvgIpc) is 0.707. The van der Waals surface area contributed by atoms with E-state index in [1.54, 1.807) is 14.2 Å². The van der Waals surface area contributed by atoms with Crippen LogP contribution >= 0.6 is 0 Å². The zero-order valence-corrected chi connectivity index (χ0v) is 76.4. The summed E-state index contributed by atoms with van der Waals surface area (Å²) in [6, 6.07) is 179. The molecule has 0 aromatic heterocycles. The molecular weight excluding hydrogens is 1640 g/mol. The lowest BCUT2D eigenvalue weighted by atomic mass is 9.81. The second kappa shape index (κ2) is 36.3. The largest absolute Gasteiger partial charge is 0.497 e. The van der Waals surface area contributed by atoms with Crippen molar-refractivity contribution in [1.29, 1.82) is 0 Å². The fourth-order valence-electron chi connectivity index (χ4n) is 20.8. The van der Waals surface area contributed by atoms with Gasteiger partial charge in [-0.15, -0.1) is 0 Å². The van der Waals surface area contributed by atoms with Gasteiger partial charge in [-0.25, -0.2) is 0 Å². The maximum atomic E-state index is 5.68. The molecule has 0 fully saturated rings. The smallest absolute Gasteiger partial charge is 0.118 e. The minimum Gasteiger partial charge on any atom is -0.497 e. The molecule has 0 saturated heterocycles. The number of methoxy groups -OCH3 is 2. The van der Waals surface area contributed by atoms with Crippen LogP contribution in [0.2, 0.25) is 0 Å². The first-order chi connectivity index (χ1) is 67.2. The zero-order valence-electron chi connectivity index (χ0n) is 76.4. The van der Waals surface area contributed by atoms with Crippen molar-refractivity contribution in [2.45, 2.75) is 26.7 Å². The van der Waals surface area contributed by atoms with Crippen molar-refractivity contribution in [3.63, 3.8) is 0 Å². The summed E-state index contributed by atoms with van der Waals surface area (Å²) >= 11 is 0. The van der Waals surface area contributed by atoms with Crippen LogP contribution in [0.5, 0.6) is 11.5 Å². The first-order valence-electron chi connectivity index (χ1n) is 47.3. The molecule has 136 heavy (non-hydrogen) atoms. The highest BCUT2D eigenvalue weighted by Crippen LogP contribution is 2.54. The second-order valence-corrected chi connectivity index (χ2v) is 35.7. The molecule has 0 radical (unpaired) electrons. The summed E-state index contributed by atoms with van der Waals surface area (Å²) in [5, 5.41) is 15.0. The van der Waals surface area contributed by atoms with Gasteiger partial charge in [0.1, 0.15) is 11.5 Å². The van der Waals surface area contributed by atoms with Gasteiger partial charge in [-0.05, 0) is 388 Å². The highest BCUT2D eigenvalue weighted by molar-refractivity contribution is 6.34. The minimum atomic E-state index is 0.830. The lowest BCUT2D eigenvalue weighted by molar-refractivity contribution is 0.415. The van der Waals surface area contributed by atoms with Gasteiger partial charge in [0.15, 0.2) is 0 Å². The Morgan fingerprint density at radius 1 is 0.132 bits per heavy atom. The fraction of sp³-hybridized carbons (Fsp3) is 0.0448. The molecule has 0 N–H and O–H groups in total. The number of aryl methyl sites for hydroxylation is 2. The van der Waals surface area contributed by atoms with Gasteiger partial charge in [0, 0.05) is 0 Å². The Kier molecular flexibility index (Phi) is 22.2. The average molecular weight is 1740 g/mol. The predicted octanol–water partition coefficient (Wildman–Crippen LogP) is 37.0. The fourth-order valence-corrected chi connectivity index (χ4v) is 20.8. The van der Waals surface area contributed by atoms with Crippen molar-refractivity contribution in [2.24, 2.45) is 0 Å². The highest BCUT2D eigenvalue weighted by atomic mass is 16.5. The maximum Gasteiger partial charge on any atom is 0.118 e. The highest BCUT2D eigenvalue weighted by Gasteiger charge is 2.27. The SMILES string of the molecule is CCc1ccc(-c2cc(-c3cc(-c4ccccc4)cc(-c4ccccc4)c3)c3ccc4c(-c5ccc(CC)cc5)cc(-c5cc(-c6ccccc6)cc(-c6ccccc6)c5)c5ccc2c3c45)cc1.COc1ccc(-c2cc(-c3cc(-c4ccccc4)cc(-c4ccccc4)c3)c3ccc4c(-c5ccc(OC)cc5)cc(-c5cc(-c6ccccc6)cc(-c6ccccc6)c5)c5ccc2c3c45)cc1. The third kappa shape index (κ3) is 15.9. The van der Waals surface area contributed by atoms with Crippen LogP contribution in [0.15, 0.2) is 485 Å². The van der Waals surface area contributed by atoms with Crippen molar-refractivity contribution in [3.8, 4) is 190 Å². The Labute approximate surface area is 795 Å². The summed E-state index contributed by atoms with van der Waals surface area (Å²) in [5.74, 6) is 1.66. The van der Waals surface area contributed by atoms with E-state index in [1.807, 2.05) is 0 Å². The maximum absolute atomic E-state index is 5.68. The third-order valence-electron chi connectivity index (χ3n) is 27.8. The van der Waals surface area contributed by atoms with Crippen LogP contribution in [0.4, 0.5) is 0 Å².